The van der Waals surface area contributed by atoms with Gasteiger partial charge in [0.1, 0.15) is 0 Å². The molecule has 1 atom stereocenters. The molecule has 0 aliphatic rings. The van der Waals surface area contributed by atoms with Gasteiger partial charge in [0.2, 0.25) is 6.04 Å². The molecule has 108 valence electrons. The van der Waals surface area contributed by atoms with Crippen molar-refractivity contribution in [2.45, 2.75) is 26.8 Å². The highest BCUT2D eigenvalue weighted by molar-refractivity contribution is 5.96. The summed E-state index contributed by atoms with van der Waals surface area (Å²) >= 11 is 0. The minimum Gasteiger partial charge on any atom is -0.320 e. The summed E-state index contributed by atoms with van der Waals surface area (Å²) in [6.45, 7) is 5.37. The predicted molar refractivity (Wildman–Crippen MR) is 81.2 cm³/mol. The van der Waals surface area contributed by atoms with Gasteiger partial charge < -0.3 is 5.32 Å². The smallest absolute Gasteiger partial charge is 0.293 e. The fourth-order valence-corrected chi connectivity index (χ4v) is 1.94. The van der Waals surface area contributed by atoms with Crippen LogP contribution in [0.25, 0.3) is 0 Å². The highest BCUT2D eigenvalue weighted by atomic mass is 16.2. The number of carbonyl (C=O) groups is 2. The van der Waals surface area contributed by atoms with Crippen LogP contribution in [0.1, 0.15) is 35.8 Å². The van der Waals surface area contributed by atoms with E-state index >= 15 is 0 Å². The molecule has 0 bridgehead atoms. The Bertz CT molecular complexity index is 645. The molecule has 1 N–H and O–H groups in total. The van der Waals surface area contributed by atoms with Crippen LogP contribution in [0.2, 0.25) is 0 Å². The molecule has 0 radical (unpaired) electrons. The predicted octanol–water partition coefficient (Wildman–Crippen LogP) is 2.68. The van der Waals surface area contributed by atoms with Crippen molar-refractivity contribution in [3.63, 3.8) is 0 Å². The van der Waals surface area contributed by atoms with E-state index in [1.807, 2.05) is 42.9 Å². The number of amides is 1. The van der Waals surface area contributed by atoms with Gasteiger partial charge in [0.05, 0.1) is 0 Å². The quantitative estimate of drug-likeness (QED) is 0.693. The number of nitrogens with zero attached hydrogens (tertiary/aromatic N) is 1. The first-order valence-corrected chi connectivity index (χ1v) is 6.86. The van der Waals surface area contributed by atoms with Crippen LogP contribution in [-0.2, 0) is 4.79 Å². The number of anilines is 1. The molecule has 4 nitrogen and oxygen atoms in total. The number of hydrogen-bond acceptors (Lipinski definition) is 2. The lowest BCUT2D eigenvalue weighted by molar-refractivity contribution is -0.705. The summed E-state index contributed by atoms with van der Waals surface area (Å²) in [7, 11) is 0. The lowest BCUT2D eigenvalue weighted by atomic mass is 10.1. The molecular weight excluding hydrogens is 264 g/mol. The highest BCUT2D eigenvalue weighted by Gasteiger charge is 2.21. The maximum absolute atomic E-state index is 12.2. The van der Waals surface area contributed by atoms with Gasteiger partial charge in [-0.1, -0.05) is 0 Å². The summed E-state index contributed by atoms with van der Waals surface area (Å²) in [5.41, 5.74) is 2.47. The van der Waals surface area contributed by atoms with E-state index in [1.165, 1.54) is 6.92 Å². The molecule has 0 aliphatic carbocycles. The van der Waals surface area contributed by atoms with Crippen molar-refractivity contribution in [2.24, 2.45) is 0 Å². The van der Waals surface area contributed by atoms with Crippen molar-refractivity contribution in [3.8, 4) is 0 Å². The topological polar surface area (TPSA) is 50.1 Å². The third-order valence-electron chi connectivity index (χ3n) is 3.40. The molecular formula is C17H19N2O2+. The third kappa shape index (κ3) is 3.75. The minimum absolute atomic E-state index is 0.0106. The second-order valence-electron chi connectivity index (χ2n) is 5.12. The Labute approximate surface area is 124 Å². The van der Waals surface area contributed by atoms with Gasteiger partial charge in [0.15, 0.2) is 18.2 Å². The van der Waals surface area contributed by atoms with E-state index in [1.54, 1.807) is 24.3 Å². The zero-order valence-electron chi connectivity index (χ0n) is 12.5. The molecule has 1 heterocycles. The first-order chi connectivity index (χ1) is 9.97. The molecule has 1 amide bonds. The number of aryl methyl sites for hydroxylation is 1. The van der Waals surface area contributed by atoms with Crippen molar-refractivity contribution in [2.75, 3.05) is 5.32 Å². The van der Waals surface area contributed by atoms with E-state index in [0.29, 0.717) is 11.3 Å². The summed E-state index contributed by atoms with van der Waals surface area (Å²) in [6.07, 6.45) is 3.77. The highest BCUT2D eigenvalue weighted by Crippen LogP contribution is 2.11. The minimum atomic E-state index is -0.307. The lowest BCUT2D eigenvalue weighted by Gasteiger charge is -2.09. The van der Waals surface area contributed by atoms with Crippen LogP contribution < -0.4 is 9.88 Å². The molecule has 21 heavy (non-hydrogen) atoms. The van der Waals surface area contributed by atoms with Gasteiger partial charge in [-0.25, -0.2) is 0 Å². The Balaban J connectivity index is 2.06. The summed E-state index contributed by atoms with van der Waals surface area (Å²) in [4.78, 5) is 23.4. The van der Waals surface area contributed by atoms with Crippen molar-refractivity contribution < 1.29 is 14.2 Å². The molecule has 0 spiro atoms. The van der Waals surface area contributed by atoms with E-state index in [2.05, 4.69) is 5.32 Å². The number of carbonyl (C=O) groups excluding carboxylic acids is 2. The summed E-state index contributed by atoms with van der Waals surface area (Å²) < 4.78 is 1.85. The van der Waals surface area contributed by atoms with Crippen molar-refractivity contribution in [3.05, 3.63) is 59.9 Å². The normalized spacial score (nSPS) is 11.8. The van der Waals surface area contributed by atoms with E-state index in [0.717, 1.165) is 5.56 Å². The summed E-state index contributed by atoms with van der Waals surface area (Å²) in [5.74, 6) is -0.0871. The maximum atomic E-state index is 12.2. The largest absolute Gasteiger partial charge is 0.320 e. The van der Waals surface area contributed by atoms with Crippen molar-refractivity contribution in [1.29, 1.82) is 0 Å². The SMILES string of the molecule is CC(=O)c1ccc(NC(=O)[C@@H](C)[n+]2ccc(C)cc2)cc1. The van der Waals surface area contributed by atoms with Crippen LogP contribution in [0.4, 0.5) is 5.69 Å². The number of aromatic nitrogens is 1. The number of ketones is 1. The van der Waals surface area contributed by atoms with Gasteiger partial charge in [-0.2, -0.15) is 4.57 Å². The van der Waals surface area contributed by atoms with E-state index < -0.39 is 0 Å². The van der Waals surface area contributed by atoms with E-state index in [9.17, 15) is 9.59 Å². The molecule has 1 aromatic carbocycles. The van der Waals surface area contributed by atoms with Crippen LogP contribution in [0.3, 0.4) is 0 Å². The van der Waals surface area contributed by atoms with Crippen LogP contribution in [0.5, 0.6) is 0 Å². The second kappa shape index (κ2) is 6.31. The van der Waals surface area contributed by atoms with Gasteiger partial charge in [-0.15, -0.1) is 0 Å². The fourth-order valence-electron chi connectivity index (χ4n) is 1.94. The van der Waals surface area contributed by atoms with Gasteiger partial charge >= 0.3 is 0 Å². The Hall–Kier alpha value is -2.49. The molecule has 0 fully saturated rings. The Kier molecular flexibility index (Phi) is 4.48. The average Bonchev–Trinajstić information content (AvgIpc) is 2.47. The second-order valence-corrected chi connectivity index (χ2v) is 5.12. The van der Waals surface area contributed by atoms with Crippen LogP contribution in [-0.4, -0.2) is 11.7 Å². The fraction of sp³-hybridized carbons (Fsp3) is 0.235. The summed E-state index contributed by atoms with van der Waals surface area (Å²) in [6, 6.07) is 10.5. The Morgan fingerprint density at radius 3 is 2.14 bits per heavy atom. The lowest BCUT2D eigenvalue weighted by Crippen LogP contribution is -2.43. The van der Waals surface area contributed by atoms with Crippen LogP contribution >= 0.6 is 0 Å². The molecule has 0 unspecified atom stereocenters. The molecule has 2 aromatic rings. The number of benzene rings is 1. The molecule has 0 saturated carbocycles. The van der Waals surface area contributed by atoms with Crippen LogP contribution in [0, 0.1) is 6.92 Å². The first kappa shape index (κ1) is 14.9. The van der Waals surface area contributed by atoms with Gasteiger partial charge in [0, 0.05) is 30.3 Å². The van der Waals surface area contributed by atoms with Gasteiger partial charge in [0.25, 0.3) is 5.91 Å². The number of pyridine rings is 1. The molecule has 0 aliphatic heterocycles. The van der Waals surface area contributed by atoms with E-state index in [4.69, 9.17) is 0 Å². The molecule has 1 aromatic heterocycles. The van der Waals surface area contributed by atoms with Gasteiger partial charge in [-0.3, -0.25) is 9.59 Å². The molecule has 0 saturated heterocycles. The molecule has 4 heteroatoms. The number of Topliss-reactive ketones (excluding diaryl/α,β-unsaturated/α-hetero) is 1. The van der Waals surface area contributed by atoms with E-state index in [-0.39, 0.29) is 17.7 Å². The first-order valence-electron chi connectivity index (χ1n) is 6.86. The standard InChI is InChI=1S/C17H18N2O2/c1-12-8-10-19(11-9-12)13(2)17(21)18-16-6-4-15(5-7-16)14(3)20/h4-11,13H,1-3H3/p+1/t13-/m1/s1. The van der Waals surface area contributed by atoms with Gasteiger partial charge in [-0.05, 0) is 43.7 Å². The summed E-state index contributed by atoms with van der Waals surface area (Å²) in [5, 5.41) is 2.85. The van der Waals surface area contributed by atoms with Crippen LogP contribution in [0.15, 0.2) is 48.8 Å². The number of hydrogen-bond donors (Lipinski definition) is 1. The zero-order valence-corrected chi connectivity index (χ0v) is 12.5. The number of rotatable bonds is 4. The monoisotopic (exact) mass is 283 g/mol. The maximum Gasteiger partial charge on any atom is 0.293 e. The Morgan fingerprint density at radius 2 is 1.62 bits per heavy atom. The Morgan fingerprint density at radius 1 is 1.05 bits per heavy atom. The zero-order chi connectivity index (χ0) is 15.4. The molecule has 2 rings (SSSR count). The van der Waals surface area contributed by atoms with Crippen molar-refractivity contribution in [1.82, 2.24) is 0 Å². The number of nitrogens with one attached hydrogen (secondary N) is 1. The van der Waals surface area contributed by atoms with Crippen molar-refractivity contribution >= 4 is 17.4 Å². The third-order valence-corrected chi connectivity index (χ3v) is 3.40. The average molecular weight is 283 g/mol.